The van der Waals surface area contributed by atoms with Gasteiger partial charge in [-0.25, -0.2) is 5.01 Å². The van der Waals surface area contributed by atoms with Crippen molar-refractivity contribution in [3.8, 4) is 0 Å². The van der Waals surface area contributed by atoms with Crippen LogP contribution in [0.15, 0.2) is 35.3 Å². The normalized spacial score (nSPS) is 18.5. The average molecular weight is 291 g/mol. The Morgan fingerprint density at radius 3 is 2.70 bits per heavy atom. The van der Waals surface area contributed by atoms with Gasteiger partial charge in [-0.05, 0) is 30.6 Å². The first-order valence-electron chi connectivity index (χ1n) is 6.37. The second-order valence-electron chi connectivity index (χ2n) is 4.45. The Morgan fingerprint density at radius 2 is 2.10 bits per heavy atom. The third kappa shape index (κ3) is 3.19. The molecule has 1 amide bonds. The third-order valence-electron chi connectivity index (χ3n) is 2.95. The first-order valence-corrected chi connectivity index (χ1v) is 7.76. The topological polar surface area (TPSA) is 61.8 Å². The molecule has 0 aliphatic carbocycles. The Labute approximate surface area is 122 Å². The highest BCUT2D eigenvalue weighted by molar-refractivity contribution is 7.98. The molecule has 6 heteroatoms. The molecule has 1 N–H and O–H groups in total. The molecule has 0 spiro atoms. The Balaban J connectivity index is 2.28. The molecule has 0 aromatic heterocycles. The molecule has 0 radical (unpaired) electrons. The monoisotopic (exact) mass is 291 g/mol. The molecular weight excluding hydrogens is 274 g/mol. The molecule has 1 aromatic carbocycles. The molecule has 5 nitrogen and oxygen atoms in total. The fraction of sp³-hybridized carbons (Fsp3) is 0.357. The largest absolute Gasteiger partial charge is 0.291 e. The van der Waals surface area contributed by atoms with Crippen LogP contribution in [0.1, 0.15) is 13.3 Å². The Hall–Kier alpha value is -1.82. The summed E-state index contributed by atoms with van der Waals surface area (Å²) in [5, 5.41) is 1.41. The molecule has 1 aromatic rings. The van der Waals surface area contributed by atoms with E-state index in [0.29, 0.717) is 12.1 Å². The number of para-hydroxylation sites is 1. The number of ketones is 1. The van der Waals surface area contributed by atoms with Gasteiger partial charge in [-0.15, -0.1) is 0 Å². The van der Waals surface area contributed by atoms with Gasteiger partial charge in [0.2, 0.25) is 0 Å². The fourth-order valence-corrected chi connectivity index (χ4v) is 2.36. The van der Waals surface area contributed by atoms with Gasteiger partial charge in [-0.2, -0.15) is 11.8 Å². The number of aliphatic imine (C=N–C) groups is 1. The molecule has 1 aliphatic rings. The van der Waals surface area contributed by atoms with E-state index in [-0.39, 0.29) is 17.5 Å². The van der Waals surface area contributed by atoms with Gasteiger partial charge in [-0.3, -0.25) is 20.0 Å². The predicted octanol–water partition coefficient (Wildman–Crippen LogP) is 1.65. The highest BCUT2D eigenvalue weighted by Crippen LogP contribution is 2.18. The number of hydrogen-bond donors (Lipinski definition) is 1. The summed E-state index contributed by atoms with van der Waals surface area (Å²) in [6.07, 6.45) is 2.61. The lowest BCUT2D eigenvalue weighted by molar-refractivity contribution is -0.120. The van der Waals surface area contributed by atoms with E-state index < -0.39 is 6.04 Å². The standard InChI is InChI=1S/C14H17N3O2S/c1-10(18)13-15-12(8-9-20-2)14(19)17(16-13)11-6-4-3-5-7-11/h3-7,12H,8-9H2,1-2H3,(H,15,16). The number of rotatable bonds is 5. The molecular formula is C14H17N3O2S. The number of hydrazine groups is 1. The Morgan fingerprint density at radius 1 is 1.40 bits per heavy atom. The van der Waals surface area contributed by atoms with Crippen LogP contribution in [-0.4, -0.2) is 35.6 Å². The van der Waals surface area contributed by atoms with Gasteiger partial charge in [0, 0.05) is 6.92 Å². The summed E-state index contributed by atoms with van der Waals surface area (Å²) in [6.45, 7) is 1.44. The summed E-state index contributed by atoms with van der Waals surface area (Å²) in [5.41, 5.74) is 3.51. The number of carbonyl (C=O) groups is 2. The molecule has 1 aliphatic heterocycles. The molecule has 0 fully saturated rings. The number of amidine groups is 1. The predicted molar refractivity (Wildman–Crippen MR) is 82.0 cm³/mol. The molecule has 1 atom stereocenters. The van der Waals surface area contributed by atoms with Crippen molar-refractivity contribution >= 4 is 35.0 Å². The van der Waals surface area contributed by atoms with E-state index in [0.717, 1.165) is 5.75 Å². The molecule has 0 bridgehead atoms. The zero-order chi connectivity index (χ0) is 14.5. The zero-order valence-corrected chi connectivity index (χ0v) is 12.3. The number of anilines is 1. The number of Topliss-reactive ketones (excluding diaryl/α,β-unsaturated/α-hetero) is 1. The van der Waals surface area contributed by atoms with Crippen LogP contribution in [0.3, 0.4) is 0 Å². The lowest BCUT2D eigenvalue weighted by Gasteiger charge is -2.31. The number of amides is 1. The van der Waals surface area contributed by atoms with Crippen LogP contribution in [0, 0.1) is 0 Å². The maximum atomic E-state index is 12.4. The molecule has 106 valence electrons. The quantitative estimate of drug-likeness (QED) is 0.896. The summed E-state index contributed by atoms with van der Waals surface area (Å²) in [7, 11) is 0. The van der Waals surface area contributed by atoms with Crippen molar-refractivity contribution < 1.29 is 9.59 Å². The lowest BCUT2D eigenvalue weighted by atomic mass is 10.1. The number of carbonyl (C=O) groups excluding carboxylic acids is 2. The van der Waals surface area contributed by atoms with Crippen LogP contribution >= 0.6 is 11.8 Å². The minimum Gasteiger partial charge on any atom is -0.291 e. The molecule has 20 heavy (non-hydrogen) atoms. The second kappa shape index (κ2) is 6.56. The minimum absolute atomic E-state index is 0.129. The summed E-state index contributed by atoms with van der Waals surface area (Å²) >= 11 is 1.66. The average Bonchev–Trinajstić information content (AvgIpc) is 2.47. The summed E-state index contributed by atoms with van der Waals surface area (Å²) in [6, 6.07) is 8.71. The SMILES string of the molecule is CSCCC1N=C(C(C)=O)NN(c2ccccc2)C1=O. The van der Waals surface area contributed by atoms with Crippen molar-refractivity contribution in [3.05, 3.63) is 30.3 Å². The highest BCUT2D eigenvalue weighted by Gasteiger charge is 2.31. The molecule has 0 saturated carbocycles. The maximum absolute atomic E-state index is 12.4. The van der Waals surface area contributed by atoms with Crippen LogP contribution in [0.25, 0.3) is 0 Å². The van der Waals surface area contributed by atoms with E-state index in [2.05, 4.69) is 10.4 Å². The van der Waals surface area contributed by atoms with Crippen molar-refractivity contribution in [1.82, 2.24) is 5.43 Å². The first kappa shape index (κ1) is 14.6. The van der Waals surface area contributed by atoms with Crippen molar-refractivity contribution in [2.24, 2.45) is 4.99 Å². The summed E-state index contributed by atoms with van der Waals surface area (Å²) in [5.74, 6) is 0.760. The van der Waals surface area contributed by atoms with Crippen LogP contribution in [0.2, 0.25) is 0 Å². The molecule has 2 rings (SSSR count). The molecule has 1 heterocycles. The maximum Gasteiger partial charge on any atom is 0.270 e. The van der Waals surface area contributed by atoms with Gasteiger partial charge >= 0.3 is 0 Å². The van der Waals surface area contributed by atoms with Crippen LogP contribution in [0.4, 0.5) is 5.69 Å². The fourth-order valence-electron chi connectivity index (χ4n) is 1.91. The van der Waals surface area contributed by atoms with Gasteiger partial charge in [-0.1, -0.05) is 18.2 Å². The van der Waals surface area contributed by atoms with Crippen LogP contribution in [-0.2, 0) is 9.59 Å². The summed E-state index contributed by atoms with van der Waals surface area (Å²) < 4.78 is 0. The number of nitrogens with zero attached hydrogens (tertiary/aromatic N) is 2. The zero-order valence-electron chi connectivity index (χ0n) is 11.5. The Bertz CT molecular complexity index is 530. The van der Waals surface area contributed by atoms with Gasteiger partial charge in [0.1, 0.15) is 6.04 Å². The van der Waals surface area contributed by atoms with Crippen molar-refractivity contribution in [2.75, 3.05) is 17.0 Å². The van der Waals surface area contributed by atoms with Gasteiger partial charge in [0.05, 0.1) is 5.69 Å². The van der Waals surface area contributed by atoms with Gasteiger partial charge in [0.15, 0.2) is 11.6 Å². The lowest BCUT2D eigenvalue weighted by Crippen LogP contribution is -2.56. The van der Waals surface area contributed by atoms with E-state index >= 15 is 0 Å². The van der Waals surface area contributed by atoms with Gasteiger partial charge in [0.25, 0.3) is 5.91 Å². The highest BCUT2D eigenvalue weighted by atomic mass is 32.2. The second-order valence-corrected chi connectivity index (χ2v) is 5.44. The van der Waals surface area contributed by atoms with E-state index in [4.69, 9.17) is 0 Å². The van der Waals surface area contributed by atoms with Crippen LogP contribution in [0.5, 0.6) is 0 Å². The summed E-state index contributed by atoms with van der Waals surface area (Å²) in [4.78, 5) is 28.2. The van der Waals surface area contributed by atoms with E-state index in [9.17, 15) is 9.59 Å². The van der Waals surface area contributed by atoms with Gasteiger partial charge < -0.3 is 0 Å². The first-order chi connectivity index (χ1) is 9.63. The van der Waals surface area contributed by atoms with Crippen molar-refractivity contribution in [3.63, 3.8) is 0 Å². The number of nitrogens with one attached hydrogen (secondary N) is 1. The Kier molecular flexibility index (Phi) is 4.79. The number of benzene rings is 1. The van der Waals surface area contributed by atoms with E-state index in [1.807, 2.05) is 36.6 Å². The van der Waals surface area contributed by atoms with Crippen molar-refractivity contribution in [2.45, 2.75) is 19.4 Å². The molecule has 1 unspecified atom stereocenters. The number of thioether (sulfide) groups is 1. The van der Waals surface area contributed by atoms with Crippen molar-refractivity contribution in [1.29, 1.82) is 0 Å². The number of hydrogen-bond acceptors (Lipinski definition) is 5. The minimum atomic E-state index is -0.497. The van der Waals surface area contributed by atoms with E-state index in [1.165, 1.54) is 11.9 Å². The van der Waals surface area contributed by atoms with E-state index in [1.54, 1.807) is 11.8 Å². The molecule has 0 saturated heterocycles. The third-order valence-corrected chi connectivity index (χ3v) is 3.60. The van der Waals surface area contributed by atoms with Crippen LogP contribution < -0.4 is 10.4 Å². The smallest absolute Gasteiger partial charge is 0.270 e.